The van der Waals surface area contributed by atoms with E-state index in [1.807, 2.05) is 73.6 Å². The van der Waals surface area contributed by atoms with Gasteiger partial charge >= 0.3 is 6.09 Å². The zero-order valence-corrected chi connectivity index (χ0v) is 23.7. The van der Waals surface area contributed by atoms with E-state index in [0.717, 1.165) is 16.7 Å². The van der Waals surface area contributed by atoms with Crippen LogP contribution in [0.5, 0.6) is 0 Å². The Labute approximate surface area is 212 Å². The Morgan fingerprint density at radius 3 is 2.11 bits per heavy atom. The molecule has 198 valence electrons. The molecule has 0 spiro atoms. The monoisotopic (exact) mass is 489 g/mol. The fraction of sp³-hybridized carbons (Fsp3) is 0.679. The number of carbonyl (C=O) groups is 3. The summed E-state index contributed by atoms with van der Waals surface area (Å²) in [4.78, 5) is 41.9. The molecule has 0 aliphatic heterocycles. The van der Waals surface area contributed by atoms with Crippen LogP contribution in [-0.4, -0.2) is 46.5 Å². The lowest BCUT2D eigenvalue weighted by Gasteiger charge is -2.37. The number of hydrogen-bond acceptors (Lipinski definition) is 4. The molecule has 7 heteroatoms. The maximum Gasteiger partial charge on any atom is 0.408 e. The van der Waals surface area contributed by atoms with Crippen LogP contribution in [0.1, 0.15) is 97.9 Å². The molecule has 0 heterocycles. The zero-order valence-electron chi connectivity index (χ0n) is 23.7. The minimum Gasteiger partial charge on any atom is -0.444 e. The Bertz CT molecular complexity index is 881. The van der Waals surface area contributed by atoms with Crippen LogP contribution in [0.3, 0.4) is 0 Å². The number of alkyl carbamates (subject to hydrolysis) is 1. The minimum atomic E-state index is -0.823. The van der Waals surface area contributed by atoms with Gasteiger partial charge in [0.15, 0.2) is 0 Å². The lowest BCUT2D eigenvalue weighted by Crippen LogP contribution is -2.55. The quantitative estimate of drug-likeness (QED) is 0.484. The van der Waals surface area contributed by atoms with Gasteiger partial charge in [-0.1, -0.05) is 39.0 Å². The number of nitrogens with zero attached hydrogens (tertiary/aromatic N) is 1. The molecular formula is C28H47N3O4. The first kappa shape index (κ1) is 30.5. The van der Waals surface area contributed by atoms with Gasteiger partial charge in [-0.05, 0) is 90.8 Å². The third-order valence-corrected chi connectivity index (χ3v) is 5.44. The summed E-state index contributed by atoms with van der Waals surface area (Å²) in [7, 11) is 0. The van der Waals surface area contributed by atoms with Gasteiger partial charge in [-0.3, -0.25) is 9.59 Å². The second-order valence-corrected chi connectivity index (χ2v) is 11.8. The number of rotatable bonds is 9. The van der Waals surface area contributed by atoms with Gasteiger partial charge in [0.05, 0.1) is 0 Å². The molecule has 0 fully saturated rings. The second-order valence-electron chi connectivity index (χ2n) is 11.8. The summed E-state index contributed by atoms with van der Waals surface area (Å²) >= 11 is 0. The molecule has 3 amide bonds. The molecule has 1 rings (SSSR count). The largest absolute Gasteiger partial charge is 0.444 e. The maximum absolute atomic E-state index is 14.0. The first-order valence-electron chi connectivity index (χ1n) is 12.6. The van der Waals surface area contributed by atoms with Crippen molar-refractivity contribution in [3.05, 3.63) is 34.9 Å². The Hall–Kier alpha value is -2.57. The van der Waals surface area contributed by atoms with Crippen LogP contribution in [0.2, 0.25) is 0 Å². The number of amides is 3. The summed E-state index contributed by atoms with van der Waals surface area (Å²) in [6.45, 7) is 21.4. The standard InChI is InChI=1S/C28H47N3O4/c1-12-16-31(25(33)22(17-18(2)3)29-26(34)35-28(9,10)11)23(24(32)30-27(6,7)8)21-15-13-14-19(4)20(21)5/h13-15,18,22-23H,12,16-17H2,1-11H3,(H,29,34)(H,30,32). The lowest BCUT2D eigenvalue weighted by atomic mass is 9.93. The summed E-state index contributed by atoms with van der Waals surface area (Å²) in [5.74, 6) is -0.389. The molecule has 7 nitrogen and oxygen atoms in total. The molecule has 0 bridgehead atoms. The Balaban J connectivity index is 3.54. The summed E-state index contributed by atoms with van der Waals surface area (Å²) < 4.78 is 5.43. The van der Waals surface area contributed by atoms with Crippen LogP contribution in [-0.2, 0) is 14.3 Å². The highest BCUT2D eigenvalue weighted by atomic mass is 16.6. The van der Waals surface area contributed by atoms with Gasteiger partial charge in [0, 0.05) is 12.1 Å². The summed E-state index contributed by atoms with van der Waals surface area (Å²) in [5.41, 5.74) is 1.64. The fourth-order valence-electron chi connectivity index (χ4n) is 3.91. The van der Waals surface area contributed by atoms with E-state index in [9.17, 15) is 14.4 Å². The van der Waals surface area contributed by atoms with E-state index in [1.54, 1.807) is 25.7 Å². The Kier molecular flexibility index (Phi) is 10.8. The maximum atomic E-state index is 14.0. The summed E-state index contributed by atoms with van der Waals surface area (Å²) in [5, 5.41) is 5.84. The molecule has 0 aromatic heterocycles. The smallest absolute Gasteiger partial charge is 0.408 e. The van der Waals surface area contributed by atoms with Gasteiger partial charge in [-0.2, -0.15) is 0 Å². The molecular weight excluding hydrogens is 442 g/mol. The van der Waals surface area contributed by atoms with E-state index < -0.39 is 29.3 Å². The summed E-state index contributed by atoms with van der Waals surface area (Å²) in [6.07, 6.45) is 0.450. The highest BCUT2D eigenvalue weighted by Crippen LogP contribution is 2.29. The molecule has 1 aromatic carbocycles. The molecule has 0 saturated carbocycles. The second kappa shape index (κ2) is 12.4. The van der Waals surface area contributed by atoms with Gasteiger partial charge in [-0.15, -0.1) is 0 Å². The van der Waals surface area contributed by atoms with Crippen molar-refractivity contribution in [2.24, 2.45) is 5.92 Å². The predicted molar refractivity (Wildman–Crippen MR) is 141 cm³/mol. The predicted octanol–water partition coefficient (Wildman–Crippen LogP) is 5.44. The topological polar surface area (TPSA) is 87.7 Å². The van der Waals surface area contributed by atoms with Crippen molar-refractivity contribution in [3.8, 4) is 0 Å². The average Bonchev–Trinajstić information content (AvgIpc) is 2.66. The van der Waals surface area contributed by atoms with Crippen molar-refractivity contribution in [1.29, 1.82) is 0 Å². The van der Waals surface area contributed by atoms with E-state index in [0.29, 0.717) is 19.4 Å². The highest BCUT2D eigenvalue weighted by Gasteiger charge is 2.37. The van der Waals surface area contributed by atoms with Crippen LogP contribution in [0, 0.1) is 19.8 Å². The van der Waals surface area contributed by atoms with Crippen LogP contribution < -0.4 is 10.6 Å². The molecule has 0 aliphatic carbocycles. The van der Waals surface area contributed by atoms with Crippen molar-refractivity contribution < 1.29 is 19.1 Å². The van der Waals surface area contributed by atoms with Crippen molar-refractivity contribution >= 4 is 17.9 Å². The van der Waals surface area contributed by atoms with Gasteiger partial charge in [0.25, 0.3) is 0 Å². The van der Waals surface area contributed by atoms with Crippen LogP contribution in [0.25, 0.3) is 0 Å². The van der Waals surface area contributed by atoms with Gasteiger partial charge in [-0.25, -0.2) is 4.79 Å². The van der Waals surface area contributed by atoms with E-state index in [2.05, 4.69) is 10.6 Å². The van der Waals surface area contributed by atoms with Crippen LogP contribution in [0.4, 0.5) is 4.79 Å². The van der Waals surface area contributed by atoms with E-state index in [4.69, 9.17) is 4.74 Å². The average molecular weight is 490 g/mol. The molecule has 35 heavy (non-hydrogen) atoms. The van der Waals surface area contributed by atoms with Crippen molar-refractivity contribution in [2.75, 3.05) is 6.54 Å². The van der Waals surface area contributed by atoms with Crippen molar-refractivity contribution in [1.82, 2.24) is 15.5 Å². The lowest BCUT2D eigenvalue weighted by molar-refractivity contribution is -0.143. The van der Waals surface area contributed by atoms with Gasteiger partial charge in [0.2, 0.25) is 11.8 Å². The van der Waals surface area contributed by atoms with E-state index in [-0.39, 0.29) is 17.7 Å². The van der Waals surface area contributed by atoms with E-state index in [1.165, 1.54) is 0 Å². The van der Waals surface area contributed by atoms with Crippen molar-refractivity contribution in [2.45, 2.75) is 112 Å². The third kappa shape index (κ3) is 9.90. The fourth-order valence-corrected chi connectivity index (χ4v) is 3.91. The Morgan fingerprint density at radius 1 is 1.03 bits per heavy atom. The number of aryl methyl sites for hydroxylation is 1. The number of benzene rings is 1. The first-order valence-corrected chi connectivity index (χ1v) is 12.6. The molecule has 0 saturated heterocycles. The number of nitrogens with one attached hydrogen (secondary N) is 2. The molecule has 2 unspecified atom stereocenters. The molecule has 0 aliphatic rings. The molecule has 1 aromatic rings. The first-order chi connectivity index (χ1) is 16.0. The minimum absolute atomic E-state index is 0.143. The molecule has 0 radical (unpaired) electrons. The number of hydrogen-bond donors (Lipinski definition) is 2. The summed E-state index contributed by atoms with van der Waals surface area (Å²) in [6, 6.07) is 4.18. The third-order valence-electron chi connectivity index (χ3n) is 5.44. The van der Waals surface area contributed by atoms with Crippen LogP contribution >= 0.6 is 0 Å². The highest BCUT2D eigenvalue weighted by molar-refractivity contribution is 5.92. The SMILES string of the molecule is CCCN(C(=O)C(CC(C)C)NC(=O)OC(C)(C)C)C(C(=O)NC(C)(C)C)c1cccc(C)c1C. The molecule has 2 atom stereocenters. The zero-order chi connectivity index (χ0) is 27.1. The van der Waals surface area contributed by atoms with Crippen molar-refractivity contribution in [3.63, 3.8) is 0 Å². The number of ether oxygens (including phenoxy) is 1. The van der Waals surface area contributed by atoms with Crippen LogP contribution in [0.15, 0.2) is 18.2 Å². The molecule has 2 N–H and O–H groups in total. The van der Waals surface area contributed by atoms with Gasteiger partial charge in [0.1, 0.15) is 17.7 Å². The van der Waals surface area contributed by atoms with Gasteiger partial charge < -0.3 is 20.3 Å². The van der Waals surface area contributed by atoms with E-state index >= 15 is 0 Å². The number of carbonyl (C=O) groups excluding carboxylic acids is 3. The normalized spacial score (nSPS) is 13.7. The Morgan fingerprint density at radius 2 is 1.63 bits per heavy atom.